The van der Waals surface area contributed by atoms with Crippen LogP contribution in [0.25, 0.3) is 100 Å². The van der Waals surface area contributed by atoms with Crippen molar-refractivity contribution in [2.24, 2.45) is 0 Å². The largest absolute Gasteiger partial charge is 0.456 e. The zero-order chi connectivity index (χ0) is 33.0. The van der Waals surface area contributed by atoms with E-state index in [2.05, 4.69) is 103 Å². The Balaban J connectivity index is 1.11. The monoisotopic (exact) mass is 641 g/mol. The summed E-state index contributed by atoms with van der Waals surface area (Å²) in [5, 5.41) is 4.26. The van der Waals surface area contributed by atoms with Crippen LogP contribution in [0.5, 0.6) is 0 Å². The van der Waals surface area contributed by atoms with Gasteiger partial charge < -0.3 is 8.83 Å². The van der Waals surface area contributed by atoms with E-state index in [0.717, 1.165) is 77.3 Å². The number of para-hydroxylation sites is 1. The van der Waals surface area contributed by atoms with E-state index in [-0.39, 0.29) is 0 Å². The number of benzene rings is 7. The van der Waals surface area contributed by atoms with Crippen LogP contribution >= 0.6 is 0 Å². The number of fused-ring (bicyclic) bond motifs is 6. The Morgan fingerprint density at radius 2 is 0.680 bits per heavy atom. The second-order valence-electron chi connectivity index (χ2n) is 12.4. The fourth-order valence-corrected chi connectivity index (χ4v) is 6.80. The number of hydrogen-bond acceptors (Lipinski definition) is 5. The van der Waals surface area contributed by atoms with Crippen LogP contribution in [-0.4, -0.2) is 15.0 Å². The summed E-state index contributed by atoms with van der Waals surface area (Å²) >= 11 is 0. The molecule has 0 aliphatic rings. The van der Waals surface area contributed by atoms with Gasteiger partial charge in [0.25, 0.3) is 0 Å². The first-order chi connectivity index (χ1) is 24.7. The predicted molar refractivity (Wildman–Crippen MR) is 202 cm³/mol. The molecule has 0 radical (unpaired) electrons. The predicted octanol–water partition coefficient (Wildman–Crippen LogP) is 12.0. The van der Waals surface area contributed by atoms with Crippen LogP contribution in [0.3, 0.4) is 0 Å². The maximum atomic E-state index is 6.38. The molecule has 0 aliphatic carbocycles. The molecule has 0 spiro atoms. The highest BCUT2D eigenvalue weighted by atomic mass is 16.3. The molecule has 0 bridgehead atoms. The van der Waals surface area contributed by atoms with Crippen molar-refractivity contribution in [3.8, 4) is 56.4 Å². The number of nitrogens with zero attached hydrogens (tertiary/aromatic N) is 3. The quantitative estimate of drug-likeness (QED) is 0.187. The smallest absolute Gasteiger partial charge is 0.164 e. The lowest BCUT2D eigenvalue weighted by Gasteiger charge is -2.09. The van der Waals surface area contributed by atoms with Gasteiger partial charge in [-0.25, -0.2) is 15.0 Å². The summed E-state index contributed by atoms with van der Waals surface area (Å²) in [6, 6.07) is 55.9. The summed E-state index contributed by atoms with van der Waals surface area (Å²) in [6.45, 7) is 0. The van der Waals surface area contributed by atoms with E-state index in [1.165, 1.54) is 5.56 Å². The van der Waals surface area contributed by atoms with Crippen molar-refractivity contribution in [1.29, 1.82) is 0 Å². The average molecular weight is 642 g/mol. The maximum Gasteiger partial charge on any atom is 0.164 e. The van der Waals surface area contributed by atoms with Gasteiger partial charge in [0, 0.05) is 38.2 Å². The summed E-state index contributed by atoms with van der Waals surface area (Å²) in [4.78, 5) is 15.1. The van der Waals surface area contributed by atoms with Crippen LogP contribution in [-0.2, 0) is 0 Å². The Bertz CT molecular complexity index is 2850. The van der Waals surface area contributed by atoms with E-state index in [1.807, 2.05) is 60.7 Å². The molecule has 0 fully saturated rings. The second-order valence-corrected chi connectivity index (χ2v) is 12.4. The van der Waals surface area contributed by atoms with E-state index in [4.69, 9.17) is 23.8 Å². The van der Waals surface area contributed by atoms with Crippen molar-refractivity contribution in [3.63, 3.8) is 0 Å². The molecule has 0 amide bonds. The lowest BCUT2D eigenvalue weighted by atomic mass is 10.0. The van der Waals surface area contributed by atoms with E-state index in [0.29, 0.717) is 17.5 Å². The van der Waals surface area contributed by atoms with Crippen molar-refractivity contribution in [2.45, 2.75) is 0 Å². The lowest BCUT2D eigenvalue weighted by Crippen LogP contribution is -2.00. The molecule has 50 heavy (non-hydrogen) atoms. The van der Waals surface area contributed by atoms with E-state index >= 15 is 0 Å². The Morgan fingerprint density at radius 3 is 1.32 bits per heavy atom. The molecule has 0 unspecified atom stereocenters. The summed E-state index contributed by atoms with van der Waals surface area (Å²) in [7, 11) is 0. The highest BCUT2D eigenvalue weighted by Crippen LogP contribution is 2.36. The van der Waals surface area contributed by atoms with Gasteiger partial charge in [-0.1, -0.05) is 121 Å². The Labute approximate surface area is 287 Å². The molecule has 10 rings (SSSR count). The van der Waals surface area contributed by atoms with Crippen LogP contribution in [0.15, 0.2) is 173 Å². The molecule has 3 aromatic heterocycles. The molecule has 10 aromatic rings. The third kappa shape index (κ3) is 4.83. The number of hydrogen-bond donors (Lipinski definition) is 0. The van der Waals surface area contributed by atoms with Crippen molar-refractivity contribution in [1.82, 2.24) is 15.0 Å². The first-order valence-corrected chi connectivity index (χ1v) is 16.6. The van der Waals surface area contributed by atoms with Crippen LogP contribution in [0.2, 0.25) is 0 Å². The molecule has 7 aromatic carbocycles. The van der Waals surface area contributed by atoms with Crippen molar-refractivity contribution in [3.05, 3.63) is 164 Å². The molecular formula is C45H27N3O2. The lowest BCUT2D eigenvalue weighted by molar-refractivity contribution is 0.668. The Morgan fingerprint density at radius 1 is 0.260 bits per heavy atom. The Kier molecular flexibility index (Phi) is 6.42. The molecule has 5 heteroatoms. The number of furan rings is 2. The van der Waals surface area contributed by atoms with E-state index < -0.39 is 0 Å². The second kappa shape index (κ2) is 11.4. The van der Waals surface area contributed by atoms with Gasteiger partial charge in [-0.05, 0) is 64.7 Å². The van der Waals surface area contributed by atoms with Crippen molar-refractivity contribution < 1.29 is 8.83 Å². The third-order valence-corrected chi connectivity index (χ3v) is 9.36. The maximum absolute atomic E-state index is 6.38. The highest BCUT2D eigenvalue weighted by molar-refractivity contribution is 6.07. The van der Waals surface area contributed by atoms with Crippen LogP contribution in [0, 0.1) is 0 Å². The normalized spacial score (nSPS) is 11.6. The summed E-state index contributed by atoms with van der Waals surface area (Å²) < 4.78 is 12.6. The topological polar surface area (TPSA) is 65.0 Å². The standard InChI is InChI=1S/C45H27N3O2/c1-3-9-28(10-4-1)30-15-17-31(18-16-30)43-46-44(33-19-22-36-35-13-7-8-14-39(35)49-41(36)26-33)48-45(47-43)34-20-23-37-38-25-32(29-11-5-2-6-12-29)21-24-40(38)50-42(37)27-34/h1-27H. The van der Waals surface area contributed by atoms with Crippen LogP contribution in [0.1, 0.15) is 0 Å². The van der Waals surface area contributed by atoms with Gasteiger partial charge in [0.2, 0.25) is 0 Å². The molecule has 0 atom stereocenters. The summed E-state index contributed by atoms with van der Waals surface area (Å²) in [6.07, 6.45) is 0. The van der Waals surface area contributed by atoms with Gasteiger partial charge >= 0.3 is 0 Å². The first kappa shape index (κ1) is 28.2. The molecular weight excluding hydrogens is 615 g/mol. The van der Waals surface area contributed by atoms with Crippen molar-refractivity contribution >= 4 is 43.9 Å². The minimum Gasteiger partial charge on any atom is -0.456 e. The van der Waals surface area contributed by atoms with Gasteiger partial charge in [0.15, 0.2) is 17.5 Å². The molecule has 0 aliphatic heterocycles. The molecule has 234 valence electrons. The molecule has 0 saturated heterocycles. The minimum absolute atomic E-state index is 0.564. The van der Waals surface area contributed by atoms with Gasteiger partial charge in [-0.2, -0.15) is 0 Å². The van der Waals surface area contributed by atoms with Gasteiger partial charge in [0.1, 0.15) is 22.3 Å². The molecule has 5 nitrogen and oxygen atoms in total. The number of rotatable bonds is 5. The molecule has 0 N–H and O–H groups in total. The summed E-state index contributed by atoms with van der Waals surface area (Å²) in [5.74, 6) is 1.72. The zero-order valence-corrected chi connectivity index (χ0v) is 26.7. The fourth-order valence-electron chi connectivity index (χ4n) is 6.80. The van der Waals surface area contributed by atoms with Gasteiger partial charge in [-0.15, -0.1) is 0 Å². The van der Waals surface area contributed by atoms with Crippen LogP contribution in [0.4, 0.5) is 0 Å². The van der Waals surface area contributed by atoms with Crippen molar-refractivity contribution in [2.75, 3.05) is 0 Å². The highest BCUT2D eigenvalue weighted by Gasteiger charge is 2.17. The minimum atomic E-state index is 0.564. The zero-order valence-electron chi connectivity index (χ0n) is 26.7. The third-order valence-electron chi connectivity index (χ3n) is 9.36. The number of aromatic nitrogens is 3. The Hall–Kier alpha value is -6.85. The van der Waals surface area contributed by atoms with E-state index in [1.54, 1.807) is 0 Å². The van der Waals surface area contributed by atoms with E-state index in [9.17, 15) is 0 Å². The van der Waals surface area contributed by atoms with Gasteiger partial charge in [-0.3, -0.25) is 0 Å². The van der Waals surface area contributed by atoms with Crippen LogP contribution < -0.4 is 0 Å². The first-order valence-electron chi connectivity index (χ1n) is 16.6. The van der Waals surface area contributed by atoms with Gasteiger partial charge in [0.05, 0.1) is 0 Å². The average Bonchev–Trinajstić information content (AvgIpc) is 3.75. The summed E-state index contributed by atoms with van der Waals surface area (Å²) in [5.41, 5.74) is 10.5. The molecule has 0 saturated carbocycles. The molecule has 3 heterocycles. The fraction of sp³-hybridized carbons (Fsp3) is 0. The SMILES string of the molecule is c1ccc(-c2ccc(-c3nc(-c4ccc5c(c4)oc4ccccc45)nc(-c4ccc5c(c4)oc4ccc(-c6ccccc6)cc45)n3)cc2)cc1.